The lowest BCUT2D eigenvalue weighted by Gasteiger charge is -2.14. The van der Waals surface area contributed by atoms with Gasteiger partial charge in [-0.25, -0.2) is 4.79 Å². The number of carbonyl (C=O) groups is 2. The lowest BCUT2D eigenvalue weighted by atomic mass is 10.1. The third-order valence-corrected chi connectivity index (χ3v) is 1.99. The van der Waals surface area contributed by atoms with Crippen LogP contribution in [0.1, 0.15) is 19.8 Å². The number of aliphatic carboxylic acids is 1. The summed E-state index contributed by atoms with van der Waals surface area (Å²) in [5.74, 6) is -1.47. The Balaban J connectivity index is 4.05. The minimum absolute atomic E-state index is 0.0120. The molecule has 6 nitrogen and oxygen atoms in total. The van der Waals surface area contributed by atoms with Gasteiger partial charge in [0.1, 0.15) is 6.04 Å². The summed E-state index contributed by atoms with van der Waals surface area (Å²) in [6.07, 6.45) is 0.212. The fourth-order valence-electron chi connectivity index (χ4n) is 1.04. The first kappa shape index (κ1) is 13.9. The fraction of sp³-hybridized carbons (Fsp3) is 0.778. The molecule has 0 heterocycles. The van der Waals surface area contributed by atoms with Crippen LogP contribution in [0.5, 0.6) is 0 Å². The minimum atomic E-state index is -1.14. The Kier molecular flexibility index (Phi) is 6.64. The Bertz CT molecular complexity index is 220. The van der Waals surface area contributed by atoms with E-state index in [0.717, 1.165) is 0 Å². The van der Waals surface area contributed by atoms with Crippen molar-refractivity contribution in [3.8, 4) is 0 Å². The third kappa shape index (κ3) is 6.03. The molecular weight excluding hydrogens is 200 g/mol. The van der Waals surface area contributed by atoms with Crippen molar-refractivity contribution < 1.29 is 19.8 Å². The molecule has 0 saturated carbocycles. The van der Waals surface area contributed by atoms with Crippen LogP contribution in [0.3, 0.4) is 0 Å². The van der Waals surface area contributed by atoms with E-state index in [-0.39, 0.29) is 31.3 Å². The predicted molar refractivity (Wildman–Crippen MR) is 54.1 cm³/mol. The highest BCUT2D eigenvalue weighted by atomic mass is 16.4. The van der Waals surface area contributed by atoms with Crippen molar-refractivity contribution in [1.29, 1.82) is 0 Å². The molecule has 0 fully saturated rings. The van der Waals surface area contributed by atoms with Gasteiger partial charge in [0.2, 0.25) is 5.91 Å². The first-order valence-corrected chi connectivity index (χ1v) is 4.84. The number of hydrogen-bond donors (Lipinski definition) is 4. The molecular formula is C9H18N2O4. The van der Waals surface area contributed by atoms with Gasteiger partial charge in [0.25, 0.3) is 0 Å². The molecule has 0 aromatic carbocycles. The average molecular weight is 218 g/mol. The molecule has 88 valence electrons. The van der Waals surface area contributed by atoms with Crippen molar-refractivity contribution in [2.24, 2.45) is 11.7 Å². The molecule has 15 heavy (non-hydrogen) atoms. The third-order valence-electron chi connectivity index (χ3n) is 1.99. The average Bonchev–Trinajstić information content (AvgIpc) is 2.16. The van der Waals surface area contributed by atoms with Gasteiger partial charge < -0.3 is 21.3 Å². The van der Waals surface area contributed by atoms with Gasteiger partial charge in [-0.15, -0.1) is 0 Å². The zero-order chi connectivity index (χ0) is 11.8. The molecule has 0 radical (unpaired) electrons. The molecule has 0 aromatic rings. The maximum atomic E-state index is 11.3. The van der Waals surface area contributed by atoms with E-state index in [9.17, 15) is 9.59 Å². The van der Waals surface area contributed by atoms with Crippen LogP contribution in [-0.2, 0) is 9.59 Å². The normalized spacial score (nSPS) is 14.3. The highest BCUT2D eigenvalue weighted by molar-refractivity contribution is 5.83. The second-order valence-corrected chi connectivity index (χ2v) is 3.52. The van der Waals surface area contributed by atoms with E-state index in [1.807, 2.05) is 0 Å². The van der Waals surface area contributed by atoms with Crippen LogP contribution in [0.2, 0.25) is 0 Å². The molecule has 0 spiro atoms. The van der Waals surface area contributed by atoms with Crippen LogP contribution >= 0.6 is 0 Å². The number of nitrogens with one attached hydrogen (secondary N) is 1. The fourth-order valence-corrected chi connectivity index (χ4v) is 1.04. The molecule has 0 rings (SSSR count). The van der Waals surface area contributed by atoms with Gasteiger partial charge in [-0.3, -0.25) is 4.79 Å². The van der Waals surface area contributed by atoms with Crippen LogP contribution in [0.25, 0.3) is 0 Å². The first-order valence-electron chi connectivity index (χ1n) is 4.84. The minimum Gasteiger partial charge on any atom is -0.480 e. The Hall–Kier alpha value is -1.14. The number of aliphatic hydroxyl groups excluding tert-OH is 1. The highest BCUT2D eigenvalue weighted by Crippen LogP contribution is 2.00. The molecule has 0 aliphatic heterocycles. The second-order valence-electron chi connectivity index (χ2n) is 3.52. The van der Waals surface area contributed by atoms with Gasteiger partial charge in [-0.05, 0) is 12.5 Å². The van der Waals surface area contributed by atoms with Crippen molar-refractivity contribution in [3.05, 3.63) is 0 Å². The summed E-state index contributed by atoms with van der Waals surface area (Å²) in [6, 6.07) is -1.02. The van der Waals surface area contributed by atoms with Crippen molar-refractivity contribution >= 4 is 11.9 Å². The Morgan fingerprint density at radius 1 is 1.47 bits per heavy atom. The zero-order valence-electron chi connectivity index (χ0n) is 8.77. The maximum absolute atomic E-state index is 11.3. The standard InChI is InChI=1S/C9H18N2O4/c1-6(5-10)4-8(13)11-7(2-3-12)9(14)15/h6-7,12H,2-5,10H2,1H3,(H,11,13)(H,14,15)/t6?,7-/m0/s1. The Morgan fingerprint density at radius 3 is 2.47 bits per heavy atom. The lowest BCUT2D eigenvalue weighted by molar-refractivity contribution is -0.142. The monoisotopic (exact) mass is 218 g/mol. The summed E-state index contributed by atoms with van der Waals surface area (Å²) < 4.78 is 0. The topological polar surface area (TPSA) is 113 Å². The molecule has 0 aliphatic carbocycles. The van der Waals surface area contributed by atoms with Crippen LogP contribution in [0, 0.1) is 5.92 Å². The highest BCUT2D eigenvalue weighted by Gasteiger charge is 2.19. The Labute approximate surface area is 88.5 Å². The molecule has 1 amide bonds. The summed E-state index contributed by atoms with van der Waals surface area (Å²) in [4.78, 5) is 21.9. The van der Waals surface area contributed by atoms with Gasteiger partial charge in [0.05, 0.1) is 0 Å². The SMILES string of the molecule is CC(CN)CC(=O)N[C@@H](CCO)C(=O)O. The zero-order valence-corrected chi connectivity index (χ0v) is 8.77. The molecule has 6 heteroatoms. The van der Waals surface area contributed by atoms with Crippen LogP contribution in [0.4, 0.5) is 0 Å². The second kappa shape index (κ2) is 7.19. The van der Waals surface area contributed by atoms with Gasteiger partial charge in [0, 0.05) is 19.4 Å². The first-order chi connectivity index (χ1) is 7.01. The Morgan fingerprint density at radius 2 is 2.07 bits per heavy atom. The van der Waals surface area contributed by atoms with E-state index in [2.05, 4.69) is 5.32 Å². The van der Waals surface area contributed by atoms with E-state index in [4.69, 9.17) is 15.9 Å². The quantitative estimate of drug-likeness (QED) is 0.434. The van der Waals surface area contributed by atoms with Crippen LogP contribution in [-0.4, -0.2) is 41.3 Å². The lowest BCUT2D eigenvalue weighted by Crippen LogP contribution is -2.42. The van der Waals surface area contributed by atoms with Gasteiger partial charge in [-0.1, -0.05) is 6.92 Å². The predicted octanol–water partition coefficient (Wildman–Crippen LogP) is -1.08. The molecule has 0 aromatic heterocycles. The smallest absolute Gasteiger partial charge is 0.326 e. The molecule has 5 N–H and O–H groups in total. The summed E-state index contributed by atoms with van der Waals surface area (Å²) in [7, 11) is 0. The molecule has 0 saturated heterocycles. The number of nitrogens with two attached hydrogens (primary N) is 1. The van der Waals surface area contributed by atoms with E-state index in [0.29, 0.717) is 6.54 Å². The van der Waals surface area contributed by atoms with Crippen LogP contribution in [0.15, 0.2) is 0 Å². The van der Waals surface area contributed by atoms with E-state index in [1.165, 1.54) is 0 Å². The van der Waals surface area contributed by atoms with E-state index >= 15 is 0 Å². The summed E-state index contributed by atoms with van der Waals surface area (Å²) >= 11 is 0. The number of amides is 1. The largest absolute Gasteiger partial charge is 0.480 e. The van der Waals surface area contributed by atoms with Crippen LogP contribution < -0.4 is 11.1 Å². The van der Waals surface area contributed by atoms with Crippen molar-refractivity contribution in [2.75, 3.05) is 13.2 Å². The number of rotatable bonds is 7. The molecule has 1 unspecified atom stereocenters. The van der Waals surface area contributed by atoms with Gasteiger partial charge in [0.15, 0.2) is 0 Å². The summed E-state index contributed by atoms with van der Waals surface area (Å²) in [5, 5.41) is 19.6. The number of carboxylic acid groups (broad SMARTS) is 1. The summed E-state index contributed by atoms with van der Waals surface area (Å²) in [6.45, 7) is 1.91. The van der Waals surface area contributed by atoms with Gasteiger partial charge in [-0.2, -0.15) is 0 Å². The number of carbonyl (C=O) groups excluding carboxylic acids is 1. The van der Waals surface area contributed by atoms with E-state index in [1.54, 1.807) is 6.92 Å². The number of carboxylic acids is 1. The van der Waals surface area contributed by atoms with Gasteiger partial charge >= 0.3 is 5.97 Å². The van der Waals surface area contributed by atoms with Crippen molar-refractivity contribution in [2.45, 2.75) is 25.8 Å². The maximum Gasteiger partial charge on any atom is 0.326 e. The van der Waals surface area contributed by atoms with E-state index < -0.39 is 12.0 Å². The molecule has 0 bridgehead atoms. The molecule has 2 atom stereocenters. The van der Waals surface area contributed by atoms with Crippen molar-refractivity contribution in [3.63, 3.8) is 0 Å². The number of aliphatic hydroxyl groups is 1. The van der Waals surface area contributed by atoms with Crippen molar-refractivity contribution in [1.82, 2.24) is 5.32 Å². The number of hydrogen-bond acceptors (Lipinski definition) is 4. The molecule has 0 aliphatic rings. The summed E-state index contributed by atoms with van der Waals surface area (Å²) in [5.41, 5.74) is 5.33.